The molecule has 0 saturated carbocycles. The quantitative estimate of drug-likeness (QED) is 0.645. The summed E-state index contributed by atoms with van der Waals surface area (Å²) in [6.07, 6.45) is 1.87. The Labute approximate surface area is 106 Å². The van der Waals surface area contributed by atoms with Gasteiger partial charge in [-0.15, -0.1) is 0 Å². The van der Waals surface area contributed by atoms with Crippen molar-refractivity contribution < 1.29 is 9.72 Å². The second kappa shape index (κ2) is 6.14. The van der Waals surface area contributed by atoms with E-state index < -0.39 is 4.92 Å². The largest absolute Gasteiger partial charge is 0.350 e. The van der Waals surface area contributed by atoms with E-state index in [1.165, 1.54) is 6.07 Å². The molecule has 5 nitrogen and oxygen atoms in total. The maximum Gasteiger partial charge on any atom is 0.273 e. The van der Waals surface area contributed by atoms with Crippen LogP contribution in [-0.2, 0) is 0 Å². The van der Waals surface area contributed by atoms with Crippen LogP contribution in [0.2, 0.25) is 0 Å². The van der Waals surface area contributed by atoms with Crippen LogP contribution >= 0.6 is 0 Å². The highest BCUT2D eigenvalue weighted by Crippen LogP contribution is 2.19. The molecule has 0 unspecified atom stereocenters. The predicted molar refractivity (Wildman–Crippen MR) is 69.7 cm³/mol. The van der Waals surface area contributed by atoms with Crippen LogP contribution in [0.3, 0.4) is 0 Å². The lowest BCUT2D eigenvalue weighted by molar-refractivity contribution is -0.385. The van der Waals surface area contributed by atoms with Crippen LogP contribution in [0, 0.1) is 17.0 Å². The average Bonchev–Trinajstić information content (AvgIpc) is 2.29. The highest BCUT2D eigenvalue weighted by atomic mass is 16.6. The Morgan fingerprint density at radius 1 is 1.50 bits per heavy atom. The van der Waals surface area contributed by atoms with Crippen LogP contribution in [0.4, 0.5) is 5.69 Å². The van der Waals surface area contributed by atoms with Gasteiger partial charge in [0.15, 0.2) is 0 Å². The van der Waals surface area contributed by atoms with Gasteiger partial charge in [0.25, 0.3) is 11.6 Å². The molecule has 0 spiro atoms. The molecule has 0 saturated heterocycles. The molecule has 0 aromatic heterocycles. The summed E-state index contributed by atoms with van der Waals surface area (Å²) in [6.45, 7) is 5.61. The monoisotopic (exact) mass is 250 g/mol. The zero-order chi connectivity index (χ0) is 13.7. The van der Waals surface area contributed by atoms with Crippen LogP contribution in [0.15, 0.2) is 18.2 Å². The average molecular weight is 250 g/mol. The molecule has 0 radical (unpaired) electrons. The molecule has 0 aliphatic carbocycles. The number of nitro benzene ring substituents is 1. The Morgan fingerprint density at radius 3 is 2.72 bits per heavy atom. The number of aryl methyl sites for hydroxylation is 1. The summed E-state index contributed by atoms with van der Waals surface area (Å²) in [5.74, 6) is -0.265. The molecule has 98 valence electrons. The molecule has 0 aliphatic heterocycles. The van der Waals surface area contributed by atoms with E-state index in [0.717, 1.165) is 12.8 Å². The van der Waals surface area contributed by atoms with Gasteiger partial charge in [0.1, 0.15) is 0 Å². The van der Waals surface area contributed by atoms with Gasteiger partial charge >= 0.3 is 0 Å². The fourth-order valence-electron chi connectivity index (χ4n) is 1.76. The predicted octanol–water partition coefficient (Wildman–Crippen LogP) is 2.82. The van der Waals surface area contributed by atoms with E-state index >= 15 is 0 Å². The first-order valence-electron chi connectivity index (χ1n) is 6.01. The number of nitro groups is 1. The van der Waals surface area contributed by atoms with Gasteiger partial charge in [0.2, 0.25) is 0 Å². The minimum absolute atomic E-state index is 0.0224. The number of nitrogens with one attached hydrogen (secondary N) is 1. The van der Waals surface area contributed by atoms with Gasteiger partial charge in [-0.1, -0.05) is 19.4 Å². The van der Waals surface area contributed by atoms with Gasteiger partial charge in [0, 0.05) is 23.2 Å². The summed E-state index contributed by atoms with van der Waals surface area (Å²) in [5, 5.41) is 13.6. The summed E-state index contributed by atoms with van der Waals surface area (Å²) in [6, 6.07) is 4.60. The molecule has 5 heteroatoms. The van der Waals surface area contributed by atoms with Crippen LogP contribution in [0.1, 0.15) is 42.6 Å². The Bertz CT molecular complexity index is 458. The van der Waals surface area contributed by atoms with Crippen molar-refractivity contribution in [3.05, 3.63) is 39.4 Å². The zero-order valence-electron chi connectivity index (χ0n) is 10.9. The molecule has 1 rings (SSSR count). The van der Waals surface area contributed by atoms with Crippen molar-refractivity contribution in [1.82, 2.24) is 5.32 Å². The number of nitrogens with zero attached hydrogens (tertiary/aromatic N) is 1. The minimum Gasteiger partial charge on any atom is -0.350 e. The van der Waals surface area contributed by atoms with Crippen molar-refractivity contribution in [1.29, 1.82) is 0 Å². The molecule has 1 aromatic rings. The number of hydrogen-bond acceptors (Lipinski definition) is 3. The van der Waals surface area contributed by atoms with Crippen molar-refractivity contribution >= 4 is 11.6 Å². The van der Waals surface area contributed by atoms with E-state index in [1.807, 2.05) is 13.8 Å². The summed E-state index contributed by atoms with van der Waals surface area (Å²) in [5.41, 5.74) is 0.860. The number of hydrogen-bond donors (Lipinski definition) is 1. The third-order valence-corrected chi connectivity index (χ3v) is 2.77. The zero-order valence-corrected chi connectivity index (χ0v) is 10.9. The molecule has 0 bridgehead atoms. The third kappa shape index (κ3) is 3.55. The third-order valence-electron chi connectivity index (χ3n) is 2.77. The number of amides is 1. The van der Waals surface area contributed by atoms with Gasteiger partial charge in [-0.3, -0.25) is 14.9 Å². The molecule has 0 heterocycles. The van der Waals surface area contributed by atoms with Crippen molar-refractivity contribution in [3.63, 3.8) is 0 Å². The second-order valence-electron chi connectivity index (χ2n) is 4.42. The molecule has 0 aliphatic rings. The Hall–Kier alpha value is -1.91. The SMILES string of the molecule is CCC[C@@H](C)NC(=O)c1ccc(C)c([N+](=O)[O-])c1. The first kappa shape index (κ1) is 14.2. The summed E-state index contributed by atoms with van der Waals surface area (Å²) >= 11 is 0. The molecule has 1 atom stereocenters. The number of benzene rings is 1. The normalized spacial score (nSPS) is 11.9. The van der Waals surface area contributed by atoms with E-state index in [4.69, 9.17) is 0 Å². The van der Waals surface area contributed by atoms with E-state index in [9.17, 15) is 14.9 Å². The van der Waals surface area contributed by atoms with Gasteiger partial charge in [0.05, 0.1) is 4.92 Å². The topological polar surface area (TPSA) is 72.2 Å². The van der Waals surface area contributed by atoms with Crippen molar-refractivity contribution in [2.45, 2.75) is 39.7 Å². The molecule has 0 fully saturated rings. The van der Waals surface area contributed by atoms with Crippen molar-refractivity contribution in [3.8, 4) is 0 Å². The molecule has 1 N–H and O–H groups in total. The van der Waals surface area contributed by atoms with Crippen molar-refractivity contribution in [2.24, 2.45) is 0 Å². The van der Waals surface area contributed by atoms with E-state index in [1.54, 1.807) is 19.1 Å². The van der Waals surface area contributed by atoms with Gasteiger partial charge < -0.3 is 5.32 Å². The van der Waals surface area contributed by atoms with Crippen LogP contribution in [0.25, 0.3) is 0 Å². The van der Waals surface area contributed by atoms with Gasteiger partial charge in [-0.2, -0.15) is 0 Å². The summed E-state index contributed by atoms with van der Waals surface area (Å²) < 4.78 is 0. The van der Waals surface area contributed by atoms with E-state index in [2.05, 4.69) is 5.32 Å². The Balaban J connectivity index is 2.87. The smallest absolute Gasteiger partial charge is 0.273 e. The lowest BCUT2D eigenvalue weighted by Crippen LogP contribution is -2.32. The lowest BCUT2D eigenvalue weighted by Gasteiger charge is -2.12. The molecular formula is C13H18N2O3. The highest BCUT2D eigenvalue weighted by Gasteiger charge is 2.15. The van der Waals surface area contributed by atoms with E-state index in [-0.39, 0.29) is 17.6 Å². The molecule has 1 amide bonds. The number of carbonyl (C=O) groups excluding carboxylic acids is 1. The van der Waals surface area contributed by atoms with E-state index in [0.29, 0.717) is 11.1 Å². The Kier molecular flexibility index (Phi) is 4.83. The second-order valence-corrected chi connectivity index (χ2v) is 4.42. The number of carbonyl (C=O) groups is 1. The number of rotatable bonds is 5. The van der Waals surface area contributed by atoms with Crippen LogP contribution < -0.4 is 5.32 Å². The Morgan fingerprint density at radius 2 is 2.17 bits per heavy atom. The standard InChI is InChI=1S/C13H18N2O3/c1-4-5-10(3)14-13(16)11-7-6-9(2)12(8-11)15(17)18/h6-8,10H,4-5H2,1-3H3,(H,14,16)/t10-/m1/s1. The highest BCUT2D eigenvalue weighted by molar-refractivity contribution is 5.95. The van der Waals surface area contributed by atoms with Gasteiger partial charge in [-0.05, 0) is 26.3 Å². The summed E-state index contributed by atoms with van der Waals surface area (Å²) in [7, 11) is 0. The van der Waals surface area contributed by atoms with Gasteiger partial charge in [-0.25, -0.2) is 0 Å². The maximum atomic E-state index is 11.9. The molecule has 18 heavy (non-hydrogen) atoms. The molecule has 1 aromatic carbocycles. The van der Waals surface area contributed by atoms with Crippen molar-refractivity contribution in [2.75, 3.05) is 0 Å². The fourth-order valence-corrected chi connectivity index (χ4v) is 1.76. The molecular weight excluding hydrogens is 232 g/mol. The first-order valence-corrected chi connectivity index (χ1v) is 6.01. The van der Waals surface area contributed by atoms with Crippen LogP contribution in [0.5, 0.6) is 0 Å². The first-order chi connectivity index (χ1) is 8.45. The fraction of sp³-hybridized carbons (Fsp3) is 0.462. The maximum absolute atomic E-state index is 11.9. The van der Waals surface area contributed by atoms with Crippen LogP contribution in [-0.4, -0.2) is 16.9 Å². The minimum atomic E-state index is -0.471. The summed E-state index contributed by atoms with van der Waals surface area (Å²) in [4.78, 5) is 22.2. The lowest BCUT2D eigenvalue weighted by atomic mass is 10.1.